The minimum atomic E-state index is -1.37. The van der Waals surface area contributed by atoms with E-state index in [1.807, 2.05) is 35.7 Å². The van der Waals surface area contributed by atoms with Gasteiger partial charge in [0.05, 0.1) is 8.07 Å². The first-order chi connectivity index (χ1) is 23.9. The molecular weight excluding hydrogens is 833 g/mol. The van der Waals surface area contributed by atoms with E-state index in [-0.39, 0.29) is 25.5 Å². The molecule has 0 atom stereocenters. The summed E-state index contributed by atoms with van der Waals surface area (Å²) in [6, 6.07) is 43.1. The van der Waals surface area contributed by atoms with Gasteiger partial charge in [0.1, 0.15) is 0 Å². The Hall–Kier alpha value is -3.73. The molecule has 3 aromatic heterocycles. The van der Waals surface area contributed by atoms with Crippen LogP contribution in [-0.4, -0.2) is 18.0 Å². The Balaban J connectivity index is 0.000000205. The Kier molecular flexibility index (Phi) is 12.3. The SMILES string of the molecule is CC(C)(C)Cc1cc(-c2[c-]cccc2)ncc1[Si](C)(C)C.CC(C)Cc1ccnc(-c2[c-]cc3sc4c(-c5ccccc5)cccc4c3c2)c1.[Ir]. The Morgan fingerprint density at radius 1 is 0.765 bits per heavy atom. The van der Waals surface area contributed by atoms with Gasteiger partial charge < -0.3 is 9.97 Å². The van der Waals surface area contributed by atoms with Crippen LogP contribution in [0, 0.1) is 23.5 Å². The minimum absolute atomic E-state index is 0. The third kappa shape index (κ3) is 9.58. The summed E-state index contributed by atoms with van der Waals surface area (Å²) in [6.07, 6.45) is 6.20. The van der Waals surface area contributed by atoms with Crippen LogP contribution in [-0.2, 0) is 32.9 Å². The Morgan fingerprint density at radius 3 is 2.20 bits per heavy atom. The van der Waals surface area contributed by atoms with Crippen molar-refractivity contribution in [2.45, 2.75) is 67.1 Å². The fourth-order valence-corrected chi connectivity index (χ4v) is 9.32. The largest absolute Gasteiger partial charge is 0.305 e. The smallest absolute Gasteiger partial charge is 0.0798 e. The number of hydrogen-bond acceptors (Lipinski definition) is 3. The van der Waals surface area contributed by atoms with Gasteiger partial charge in [0.2, 0.25) is 0 Å². The zero-order chi connectivity index (χ0) is 35.5. The van der Waals surface area contributed by atoms with Crippen molar-refractivity contribution in [1.29, 1.82) is 0 Å². The maximum atomic E-state index is 4.71. The van der Waals surface area contributed by atoms with E-state index in [2.05, 4.69) is 163 Å². The maximum Gasteiger partial charge on any atom is 0.0798 e. The molecule has 0 bridgehead atoms. The molecule has 5 heteroatoms. The second-order valence-electron chi connectivity index (χ2n) is 15.9. The summed E-state index contributed by atoms with van der Waals surface area (Å²) in [7, 11) is -1.37. The van der Waals surface area contributed by atoms with Gasteiger partial charge in [-0.2, -0.15) is 11.3 Å². The average molecular weight is 881 g/mol. The molecule has 3 heterocycles. The molecule has 7 rings (SSSR count). The Morgan fingerprint density at radius 2 is 1.51 bits per heavy atom. The summed E-state index contributed by atoms with van der Waals surface area (Å²) in [5, 5.41) is 4.07. The van der Waals surface area contributed by atoms with Crippen LogP contribution in [0.4, 0.5) is 0 Å². The number of thiophene rings is 1. The number of benzene rings is 4. The fraction of sp³-hybridized carbons (Fsp3) is 0.261. The Bertz CT molecular complexity index is 2210. The number of nitrogens with zero attached hydrogens (tertiary/aromatic N) is 2. The van der Waals surface area contributed by atoms with E-state index in [4.69, 9.17) is 4.98 Å². The van der Waals surface area contributed by atoms with Gasteiger partial charge in [-0.3, -0.25) is 0 Å². The molecule has 0 amide bonds. The Labute approximate surface area is 323 Å². The number of rotatable bonds is 7. The van der Waals surface area contributed by atoms with Crippen LogP contribution >= 0.6 is 11.3 Å². The molecule has 0 saturated heterocycles. The van der Waals surface area contributed by atoms with Gasteiger partial charge in [-0.1, -0.05) is 131 Å². The average Bonchev–Trinajstić information content (AvgIpc) is 3.46. The standard InChI is InChI=1S/C27H22NS.C19H26NSi.Ir/c1-18(2)15-19-13-14-28-25(16-19)21-11-12-26-24(17-21)23-10-6-9-22(27(23)29-26)20-7-4-3-5-8-20;1-19(2,3)13-16-12-17(15-10-8-7-9-11-15)20-14-18(16)21(4,5)6;/h3-10,12-14,16-18H,15H2,1-2H3;7-10,12,14H,13H2,1-6H3;/q2*-1;. The third-order valence-corrected chi connectivity index (χ3v) is 12.0. The molecule has 0 aliphatic heterocycles. The molecule has 51 heavy (non-hydrogen) atoms. The topological polar surface area (TPSA) is 25.8 Å². The van der Waals surface area contributed by atoms with E-state index in [0.717, 1.165) is 35.4 Å². The molecule has 0 aliphatic rings. The first-order valence-corrected chi connectivity index (χ1v) is 22.0. The van der Waals surface area contributed by atoms with Gasteiger partial charge in [-0.15, -0.1) is 59.7 Å². The summed E-state index contributed by atoms with van der Waals surface area (Å²) in [5.41, 5.74) is 9.82. The molecule has 4 aromatic carbocycles. The van der Waals surface area contributed by atoms with Gasteiger partial charge in [-0.05, 0) is 68.0 Å². The van der Waals surface area contributed by atoms with Crippen molar-refractivity contribution in [1.82, 2.24) is 9.97 Å². The van der Waals surface area contributed by atoms with Crippen molar-refractivity contribution < 1.29 is 20.1 Å². The van der Waals surface area contributed by atoms with Crippen LogP contribution in [0.25, 0.3) is 53.8 Å². The third-order valence-electron chi connectivity index (χ3n) is 8.76. The zero-order valence-corrected chi connectivity index (χ0v) is 35.3. The van der Waals surface area contributed by atoms with Crippen LogP contribution in [0.1, 0.15) is 45.7 Å². The summed E-state index contributed by atoms with van der Waals surface area (Å²) in [6.45, 7) is 18.6. The zero-order valence-electron chi connectivity index (χ0n) is 31.1. The van der Waals surface area contributed by atoms with Crippen LogP contribution < -0.4 is 5.19 Å². The van der Waals surface area contributed by atoms with Gasteiger partial charge in [-0.25, -0.2) is 0 Å². The van der Waals surface area contributed by atoms with Gasteiger partial charge in [0.25, 0.3) is 0 Å². The van der Waals surface area contributed by atoms with Crippen LogP contribution in [0.2, 0.25) is 19.6 Å². The van der Waals surface area contributed by atoms with E-state index in [0.29, 0.717) is 5.92 Å². The predicted octanol–water partition coefficient (Wildman–Crippen LogP) is 12.5. The molecule has 1 radical (unpaired) electrons. The van der Waals surface area contributed by atoms with Crippen LogP contribution in [0.15, 0.2) is 116 Å². The van der Waals surface area contributed by atoms with Gasteiger partial charge >= 0.3 is 0 Å². The predicted molar refractivity (Wildman–Crippen MR) is 220 cm³/mol. The van der Waals surface area contributed by atoms with Gasteiger partial charge in [0, 0.05) is 37.2 Å². The van der Waals surface area contributed by atoms with E-state index >= 15 is 0 Å². The van der Waals surface area contributed by atoms with Crippen LogP contribution in [0.3, 0.4) is 0 Å². The maximum absolute atomic E-state index is 4.71. The summed E-state index contributed by atoms with van der Waals surface area (Å²) < 4.78 is 2.60. The summed E-state index contributed by atoms with van der Waals surface area (Å²) in [5.74, 6) is 0.633. The monoisotopic (exact) mass is 881 g/mol. The molecule has 7 aromatic rings. The molecule has 0 saturated carbocycles. The molecular formula is C46H48IrN2SSi-2. The minimum Gasteiger partial charge on any atom is -0.305 e. The fourth-order valence-electron chi connectivity index (χ4n) is 6.54. The molecule has 0 fully saturated rings. The molecule has 2 nitrogen and oxygen atoms in total. The molecule has 0 aliphatic carbocycles. The molecule has 0 unspecified atom stereocenters. The summed E-state index contributed by atoms with van der Waals surface area (Å²) in [4.78, 5) is 9.34. The van der Waals surface area contributed by atoms with Crippen molar-refractivity contribution in [3.05, 3.63) is 139 Å². The second-order valence-corrected chi connectivity index (χ2v) is 22.0. The van der Waals surface area contributed by atoms with Crippen molar-refractivity contribution >= 4 is 44.8 Å². The normalized spacial score (nSPS) is 11.7. The first kappa shape index (κ1) is 38.5. The van der Waals surface area contributed by atoms with E-state index in [9.17, 15) is 0 Å². The first-order valence-electron chi connectivity index (χ1n) is 17.7. The quantitative estimate of drug-likeness (QED) is 0.118. The number of aromatic nitrogens is 2. The number of fused-ring (bicyclic) bond motifs is 3. The van der Waals surface area contributed by atoms with Crippen molar-refractivity contribution in [3.63, 3.8) is 0 Å². The molecule has 0 spiro atoms. The van der Waals surface area contributed by atoms with Crippen LogP contribution in [0.5, 0.6) is 0 Å². The van der Waals surface area contributed by atoms with Crippen molar-refractivity contribution in [3.8, 4) is 33.6 Å². The van der Waals surface area contributed by atoms with Crippen molar-refractivity contribution in [2.24, 2.45) is 11.3 Å². The van der Waals surface area contributed by atoms with E-state index in [1.54, 1.807) is 0 Å². The number of hydrogen-bond donors (Lipinski definition) is 0. The molecule has 0 N–H and O–H groups in total. The molecule has 263 valence electrons. The van der Waals surface area contributed by atoms with Crippen molar-refractivity contribution in [2.75, 3.05) is 0 Å². The number of pyridine rings is 2. The van der Waals surface area contributed by atoms with Gasteiger partial charge in [0.15, 0.2) is 0 Å². The summed E-state index contributed by atoms with van der Waals surface area (Å²) >= 11 is 1.85. The van der Waals surface area contributed by atoms with E-state index in [1.165, 1.54) is 47.6 Å². The van der Waals surface area contributed by atoms with E-state index < -0.39 is 8.07 Å². The second kappa shape index (κ2) is 16.3.